The fourth-order valence-corrected chi connectivity index (χ4v) is 3.90. The maximum Gasteiger partial charge on any atom is 0.255 e. The summed E-state index contributed by atoms with van der Waals surface area (Å²) in [6.07, 6.45) is 7.15. The van der Waals surface area contributed by atoms with Gasteiger partial charge in [-0.1, -0.05) is 30.5 Å². The SMILES string of the molecule is O=C(NC1CCN(C2CCCC2)CC1)c1c(F)cccc1Cl. The van der Waals surface area contributed by atoms with Gasteiger partial charge < -0.3 is 10.2 Å². The fourth-order valence-electron chi connectivity index (χ4n) is 3.65. The van der Waals surface area contributed by atoms with Crippen molar-refractivity contribution in [1.29, 1.82) is 0 Å². The van der Waals surface area contributed by atoms with E-state index in [1.165, 1.54) is 37.8 Å². The summed E-state index contributed by atoms with van der Waals surface area (Å²) in [5.41, 5.74) is -0.0395. The van der Waals surface area contributed by atoms with Gasteiger partial charge in [-0.05, 0) is 37.8 Å². The molecule has 1 aromatic rings. The first-order chi connectivity index (χ1) is 10.6. The molecule has 0 atom stereocenters. The van der Waals surface area contributed by atoms with Gasteiger partial charge in [0.2, 0.25) is 0 Å². The molecule has 1 saturated heterocycles. The molecular formula is C17H22ClFN2O. The third kappa shape index (κ3) is 3.44. The van der Waals surface area contributed by atoms with Crippen LogP contribution in [0.25, 0.3) is 0 Å². The molecule has 5 heteroatoms. The highest BCUT2D eigenvalue weighted by molar-refractivity contribution is 6.33. The zero-order valence-corrected chi connectivity index (χ0v) is 13.4. The lowest BCUT2D eigenvalue weighted by Crippen LogP contribution is -2.47. The molecule has 0 radical (unpaired) electrons. The number of amides is 1. The number of likely N-dealkylation sites (tertiary alicyclic amines) is 1. The normalized spacial score (nSPS) is 21.2. The van der Waals surface area contributed by atoms with Gasteiger partial charge in [0.15, 0.2) is 0 Å². The molecule has 22 heavy (non-hydrogen) atoms. The Morgan fingerprint density at radius 2 is 1.86 bits per heavy atom. The molecule has 0 bridgehead atoms. The van der Waals surface area contributed by atoms with Crippen LogP contribution < -0.4 is 5.32 Å². The molecule has 1 N–H and O–H groups in total. The number of rotatable bonds is 3. The minimum Gasteiger partial charge on any atom is -0.349 e. The number of halogens is 2. The van der Waals surface area contributed by atoms with Crippen LogP contribution in [-0.2, 0) is 0 Å². The van der Waals surface area contributed by atoms with E-state index in [9.17, 15) is 9.18 Å². The Kier molecular flexibility index (Phi) is 4.99. The largest absolute Gasteiger partial charge is 0.349 e. The van der Waals surface area contributed by atoms with Crippen LogP contribution in [0.2, 0.25) is 5.02 Å². The molecule has 1 aliphatic carbocycles. The third-order valence-electron chi connectivity index (χ3n) is 4.90. The molecule has 1 amide bonds. The second-order valence-corrected chi connectivity index (χ2v) is 6.73. The molecule has 3 rings (SSSR count). The van der Waals surface area contributed by atoms with E-state index in [1.54, 1.807) is 6.07 Å². The van der Waals surface area contributed by atoms with E-state index < -0.39 is 11.7 Å². The van der Waals surface area contributed by atoms with Crippen LogP contribution in [0.5, 0.6) is 0 Å². The lowest BCUT2D eigenvalue weighted by atomic mass is 10.0. The molecule has 3 nitrogen and oxygen atoms in total. The molecule has 1 heterocycles. The van der Waals surface area contributed by atoms with E-state index in [0.29, 0.717) is 0 Å². The first-order valence-electron chi connectivity index (χ1n) is 8.14. The lowest BCUT2D eigenvalue weighted by molar-refractivity contribution is 0.0889. The average Bonchev–Trinajstić information content (AvgIpc) is 3.02. The molecule has 1 saturated carbocycles. The van der Waals surface area contributed by atoms with Crippen molar-refractivity contribution >= 4 is 17.5 Å². The quantitative estimate of drug-likeness (QED) is 0.921. The smallest absolute Gasteiger partial charge is 0.255 e. The number of nitrogens with one attached hydrogen (secondary N) is 1. The standard InChI is InChI=1S/C17H22ClFN2O/c18-14-6-3-7-15(19)16(14)17(22)20-12-8-10-21(11-9-12)13-4-1-2-5-13/h3,6-7,12-13H,1-2,4-5,8-11H2,(H,20,22). The Bertz CT molecular complexity index is 517. The highest BCUT2D eigenvalue weighted by Crippen LogP contribution is 2.26. The summed E-state index contributed by atoms with van der Waals surface area (Å²) in [6.45, 7) is 2.03. The highest BCUT2D eigenvalue weighted by Gasteiger charge is 2.28. The van der Waals surface area contributed by atoms with Gasteiger partial charge in [0, 0.05) is 25.2 Å². The number of carbonyl (C=O) groups excluding carboxylic acids is 1. The lowest BCUT2D eigenvalue weighted by Gasteiger charge is -2.36. The number of carbonyl (C=O) groups is 1. The number of piperidine rings is 1. The van der Waals surface area contributed by atoms with E-state index in [0.717, 1.165) is 32.0 Å². The van der Waals surface area contributed by atoms with E-state index >= 15 is 0 Å². The summed E-state index contributed by atoms with van der Waals surface area (Å²) in [5, 5.41) is 3.11. The monoisotopic (exact) mass is 324 g/mol. The van der Waals surface area contributed by atoms with E-state index in [4.69, 9.17) is 11.6 Å². The second-order valence-electron chi connectivity index (χ2n) is 6.32. The predicted molar refractivity (Wildman–Crippen MR) is 85.7 cm³/mol. The number of nitrogens with zero attached hydrogens (tertiary/aromatic N) is 1. The van der Waals surface area contributed by atoms with Crippen LogP contribution in [0.15, 0.2) is 18.2 Å². The Labute approximate surface area is 135 Å². The van der Waals surface area contributed by atoms with Gasteiger partial charge in [-0.2, -0.15) is 0 Å². The average molecular weight is 325 g/mol. The van der Waals surface area contributed by atoms with Gasteiger partial charge in [0.1, 0.15) is 5.82 Å². The molecule has 1 aromatic carbocycles. The molecule has 120 valence electrons. The van der Waals surface area contributed by atoms with E-state index in [-0.39, 0.29) is 16.6 Å². The van der Waals surface area contributed by atoms with Gasteiger partial charge in [0.05, 0.1) is 10.6 Å². The van der Waals surface area contributed by atoms with Crippen LogP contribution in [0.3, 0.4) is 0 Å². The Morgan fingerprint density at radius 1 is 1.18 bits per heavy atom. The van der Waals surface area contributed by atoms with Crippen molar-refractivity contribution in [3.63, 3.8) is 0 Å². The van der Waals surface area contributed by atoms with Crippen LogP contribution in [0.1, 0.15) is 48.9 Å². The summed E-state index contributed by atoms with van der Waals surface area (Å²) >= 11 is 5.94. The van der Waals surface area contributed by atoms with Crippen molar-refractivity contribution < 1.29 is 9.18 Å². The minimum absolute atomic E-state index is 0.0395. The van der Waals surface area contributed by atoms with Crippen LogP contribution in [-0.4, -0.2) is 36.0 Å². The van der Waals surface area contributed by atoms with Crippen molar-refractivity contribution in [2.75, 3.05) is 13.1 Å². The summed E-state index contributed by atoms with van der Waals surface area (Å²) in [6, 6.07) is 5.17. The number of hydrogen-bond acceptors (Lipinski definition) is 2. The molecule has 0 unspecified atom stereocenters. The van der Waals surface area contributed by atoms with Gasteiger partial charge in [-0.3, -0.25) is 4.79 Å². The van der Waals surface area contributed by atoms with Crippen LogP contribution in [0.4, 0.5) is 4.39 Å². The summed E-state index contributed by atoms with van der Waals surface area (Å²) < 4.78 is 13.8. The number of benzene rings is 1. The zero-order chi connectivity index (χ0) is 15.5. The Morgan fingerprint density at radius 3 is 2.50 bits per heavy atom. The van der Waals surface area contributed by atoms with Crippen LogP contribution in [0, 0.1) is 5.82 Å². The Hall–Kier alpha value is -1.13. The van der Waals surface area contributed by atoms with Crippen molar-refractivity contribution in [3.05, 3.63) is 34.6 Å². The van der Waals surface area contributed by atoms with Crippen molar-refractivity contribution in [1.82, 2.24) is 10.2 Å². The molecule has 2 aliphatic rings. The van der Waals surface area contributed by atoms with Crippen molar-refractivity contribution in [2.24, 2.45) is 0 Å². The first-order valence-corrected chi connectivity index (χ1v) is 8.52. The van der Waals surface area contributed by atoms with Gasteiger partial charge in [-0.25, -0.2) is 4.39 Å². The van der Waals surface area contributed by atoms with Crippen molar-refractivity contribution in [3.8, 4) is 0 Å². The van der Waals surface area contributed by atoms with E-state index in [1.807, 2.05) is 0 Å². The maximum absolute atomic E-state index is 13.8. The molecule has 2 fully saturated rings. The van der Waals surface area contributed by atoms with Crippen LogP contribution >= 0.6 is 11.6 Å². The molecular weight excluding hydrogens is 303 g/mol. The zero-order valence-electron chi connectivity index (χ0n) is 12.7. The van der Waals surface area contributed by atoms with Crippen molar-refractivity contribution in [2.45, 2.75) is 50.6 Å². The highest BCUT2D eigenvalue weighted by atomic mass is 35.5. The van der Waals surface area contributed by atoms with Gasteiger partial charge in [0.25, 0.3) is 5.91 Å². The minimum atomic E-state index is -0.562. The summed E-state index contributed by atoms with van der Waals surface area (Å²) in [7, 11) is 0. The number of hydrogen-bond donors (Lipinski definition) is 1. The predicted octanol–water partition coefficient (Wildman–Crippen LogP) is 3.62. The Balaban J connectivity index is 1.55. The second kappa shape index (κ2) is 6.97. The molecule has 0 aromatic heterocycles. The molecule has 0 spiro atoms. The van der Waals surface area contributed by atoms with Gasteiger partial charge >= 0.3 is 0 Å². The van der Waals surface area contributed by atoms with Gasteiger partial charge in [-0.15, -0.1) is 0 Å². The molecule has 1 aliphatic heterocycles. The first kappa shape index (κ1) is 15.8. The van der Waals surface area contributed by atoms with E-state index in [2.05, 4.69) is 10.2 Å². The summed E-state index contributed by atoms with van der Waals surface area (Å²) in [4.78, 5) is 14.8. The summed E-state index contributed by atoms with van der Waals surface area (Å²) in [5.74, 6) is -0.962. The fraction of sp³-hybridized carbons (Fsp3) is 0.588. The topological polar surface area (TPSA) is 32.3 Å². The third-order valence-corrected chi connectivity index (χ3v) is 5.21. The maximum atomic E-state index is 13.8.